The molecule has 1 heterocycles. The Balaban J connectivity index is 2.41. The Bertz CT molecular complexity index is 645. The van der Waals surface area contributed by atoms with Crippen molar-refractivity contribution < 1.29 is 18.3 Å². The summed E-state index contributed by atoms with van der Waals surface area (Å²) in [4.78, 5) is 15.4. The van der Waals surface area contributed by atoms with Crippen LogP contribution in [0.3, 0.4) is 0 Å². The maximum absolute atomic E-state index is 11.4. The molecule has 0 bridgehead atoms. The SMILES string of the molecule is CN1CCCN(c2ccc(S(N)(=O)=O)cc2C(=O)O)CC1. The highest BCUT2D eigenvalue weighted by atomic mass is 32.2. The van der Waals surface area contributed by atoms with E-state index >= 15 is 0 Å². The minimum Gasteiger partial charge on any atom is -0.478 e. The molecule has 0 unspecified atom stereocenters. The predicted molar refractivity (Wildman–Crippen MR) is 79.1 cm³/mol. The normalized spacial score (nSPS) is 17.5. The van der Waals surface area contributed by atoms with E-state index in [-0.39, 0.29) is 10.5 Å². The Labute approximate surface area is 124 Å². The summed E-state index contributed by atoms with van der Waals surface area (Å²) in [6.45, 7) is 3.22. The zero-order chi connectivity index (χ0) is 15.6. The van der Waals surface area contributed by atoms with Gasteiger partial charge in [-0.05, 0) is 38.2 Å². The summed E-state index contributed by atoms with van der Waals surface area (Å²) < 4.78 is 22.7. The summed E-state index contributed by atoms with van der Waals surface area (Å²) >= 11 is 0. The summed E-state index contributed by atoms with van der Waals surface area (Å²) in [5, 5.41) is 14.4. The lowest BCUT2D eigenvalue weighted by Crippen LogP contribution is -2.30. The van der Waals surface area contributed by atoms with Crippen molar-refractivity contribution in [1.29, 1.82) is 0 Å². The molecule has 1 aromatic rings. The van der Waals surface area contributed by atoms with Crippen LogP contribution in [0, 0.1) is 0 Å². The molecule has 21 heavy (non-hydrogen) atoms. The standard InChI is InChI=1S/C13H19N3O4S/c1-15-5-2-6-16(8-7-15)12-4-3-10(21(14,19)20)9-11(12)13(17)18/h3-4,9H,2,5-8H2,1H3,(H,17,18)(H2,14,19,20). The fourth-order valence-corrected chi connectivity index (χ4v) is 2.97. The van der Waals surface area contributed by atoms with Crippen molar-refractivity contribution in [2.24, 2.45) is 5.14 Å². The van der Waals surface area contributed by atoms with Crippen LogP contribution in [0.1, 0.15) is 16.8 Å². The second-order valence-corrected chi connectivity index (χ2v) is 6.73. The number of nitrogens with zero attached hydrogens (tertiary/aromatic N) is 2. The van der Waals surface area contributed by atoms with Gasteiger partial charge in [-0.15, -0.1) is 0 Å². The van der Waals surface area contributed by atoms with E-state index in [1.807, 2.05) is 11.9 Å². The molecule has 1 saturated heterocycles. The number of likely N-dealkylation sites (N-methyl/N-ethyl adjacent to an activating group) is 1. The molecule has 3 N–H and O–H groups in total. The maximum atomic E-state index is 11.4. The van der Waals surface area contributed by atoms with Gasteiger partial charge >= 0.3 is 5.97 Å². The lowest BCUT2D eigenvalue weighted by atomic mass is 10.1. The zero-order valence-electron chi connectivity index (χ0n) is 11.8. The molecule has 0 saturated carbocycles. The molecule has 116 valence electrons. The van der Waals surface area contributed by atoms with Gasteiger partial charge in [-0.25, -0.2) is 18.4 Å². The summed E-state index contributed by atoms with van der Waals surface area (Å²) in [6.07, 6.45) is 0.923. The van der Waals surface area contributed by atoms with E-state index in [0.29, 0.717) is 12.2 Å². The van der Waals surface area contributed by atoms with E-state index in [4.69, 9.17) is 5.14 Å². The number of carboxylic acids is 1. The lowest BCUT2D eigenvalue weighted by molar-refractivity contribution is 0.0697. The van der Waals surface area contributed by atoms with Gasteiger partial charge in [0.1, 0.15) is 0 Å². The Morgan fingerprint density at radius 1 is 1.24 bits per heavy atom. The van der Waals surface area contributed by atoms with Crippen molar-refractivity contribution in [2.45, 2.75) is 11.3 Å². The number of sulfonamides is 1. The maximum Gasteiger partial charge on any atom is 0.337 e. The van der Waals surface area contributed by atoms with Crippen LogP contribution in [0.4, 0.5) is 5.69 Å². The van der Waals surface area contributed by atoms with Gasteiger partial charge in [-0.2, -0.15) is 0 Å². The van der Waals surface area contributed by atoms with Crippen LogP contribution in [0.2, 0.25) is 0 Å². The molecule has 0 atom stereocenters. The van der Waals surface area contributed by atoms with Gasteiger partial charge in [0.15, 0.2) is 0 Å². The molecule has 1 fully saturated rings. The molecule has 1 aliphatic rings. The van der Waals surface area contributed by atoms with Crippen LogP contribution in [-0.4, -0.2) is 57.6 Å². The largest absolute Gasteiger partial charge is 0.478 e. The number of primary sulfonamides is 1. The molecular weight excluding hydrogens is 294 g/mol. The van der Waals surface area contributed by atoms with Gasteiger partial charge in [-0.1, -0.05) is 0 Å². The van der Waals surface area contributed by atoms with E-state index in [2.05, 4.69) is 4.90 Å². The Hall–Kier alpha value is -1.64. The van der Waals surface area contributed by atoms with Gasteiger partial charge in [0.25, 0.3) is 0 Å². The molecule has 8 heteroatoms. The molecule has 0 spiro atoms. The average molecular weight is 313 g/mol. The van der Waals surface area contributed by atoms with Crippen molar-refractivity contribution >= 4 is 21.7 Å². The number of hydrogen-bond donors (Lipinski definition) is 2. The van der Waals surface area contributed by atoms with Gasteiger partial charge in [0, 0.05) is 19.6 Å². The minimum absolute atomic E-state index is 0.0360. The number of aromatic carboxylic acids is 1. The lowest BCUT2D eigenvalue weighted by Gasteiger charge is -2.24. The van der Waals surface area contributed by atoms with Crippen molar-refractivity contribution in [3.05, 3.63) is 23.8 Å². The summed E-state index contributed by atoms with van der Waals surface area (Å²) in [6, 6.07) is 4.00. The van der Waals surface area contributed by atoms with E-state index in [9.17, 15) is 18.3 Å². The van der Waals surface area contributed by atoms with Crippen molar-refractivity contribution in [1.82, 2.24) is 4.90 Å². The van der Waals surface area contributed by atoms with Crippen LogP contribution in [0.25, 0.3) is 0 Å². The molecule has 0 amide bonds. The summed E-state index contributed by atoms with van der Waals surface area (Å²) in [5.41, 5.74) is 0.497. The highest BCUT2D eigenvalue weighted by Crippen LogP contribution is 2.25. The first-order valence-corrected chi connectivity index (χ1v) is 8.17. The minimum atomic E-state index is -3.91. The van der Waals surface area contributed by atoms with Crippen LogP contribution in [0.5, 0.6) is 0 Å². The topological polar surface area (TPSA) is 104 Å². The molecule has 1 aliphatic heterocycles. The summed E-state index contributed by atoms with van der Waals surface area (Å²) in [5.74, 6) is -1.16. The first-order valence-electron chi connectivity index (χ1n) is 6.62. The van der Waals surface area contributed by atoms with Crippen molar-refractivity contribution in [3.8, 4) is 0 Å². The quantitative estimate of drug-likeness (QED) is 0.824. The van der Waals surface area contributed by atoms with Crippen LogP contribution in [-0.2, 0) is 10.0 Å². The molecule has 7 nitrogen and oxygen atoms in total. The summed E-state index contributed by atoms with van der Waals surface area (Å²) in [7, 11) is -1.89. The fourth-order valence-electron chi connectivity index (χ4n) is 2.43. The number of benzene rings is 1. The second kappa shape index (κ2) is 6.00. The Morgan fingerprint density at radius 3 is 2.57 bits per heavy atom. The van der Waals surface area contributed by atoms with Gasteiger partial charge in [0.05, 0.1) is 16.1 Å². The Kier molecular flexibility index (Phi) is 4.50. The molecule has 0 aliphatic carbocycles. The van der Waals surface area contributed by atoms with Crippen LogP contribution >= 0.6 is 0 Å². The molecule has 0 radical (unpaired) electrons. The first kappa shape index (κ1) is 15.7. The molecule has 0 aromatic heterocycles. The Morgan fingerprint density at radius 2 is 1.95 bits per heavy atom. The van der Waals surface area contributed by atoms with E-state index in [1.165, 1.54) is 12.1 Å². The van der Waals surface area contributed by atoms with Crippen LogP contribution in [0.15, 0.2) is 23.1 Å². The van der Waals surface area contributed by atoms with Gasteiger partial charge in [-0.3, -0.25) is 0 Å². The zero-order valence-corrected chi connectivity index (χ0v) is 12.6. The number of carbonyl (C=O) groups is 1. The van der Waals surface area contributed by atoms with Gasteiger partial charge < -0.3 is 14.9 Å². The van der Waals surface area contributed by atoms with E-state index < -0.39 is 16.0 Å². The first-order chi connectivity index (χ1) is 9.79. The third kappa shape index (κ3) is 3.72. The smallest absolute Gasteiger partial charge is 0.337 e. The molecule has 2 rings (SSSR count). The third-order valence-corrected chi connectivity index (χ3v) is 4.50. The number of nitrogens with two attached hydrogens (primary N) is 1. The van der Waals surface area contributed by atoms with Crippen molar-refractivity contribution in [3.63, 3.8) is 0 Å². The number of carboxylic acid groups (broad SMARTS) is 1. The molecular formula is C13H19N3O4S. The number of rotatable bonds is 3. The second-order valence-electron chi connectivity index (χ2n) is 5.17. The highest BCUT2D eigenvalue weighted by molar-refractivity contribution is 7.89. The highest BCUT2D eigenvalue weighted by Gasteiger charge is 2.21. The van der Waals surface area contributed by atoms with Crippen LogP contribution < -0.4 is 10.0 Å². The monoisotopic (exact) mass is 313 g/mol. The van der Waals surface area contributed by atoms with E-state index in [1.54, 1.807) is 0 Å². The number of hydrogen-bond acceptors (Lipinski definition) is 5. The average Bonchev–Trinajstić information content (AvgIpc) is 2.61. The van der Waals surface area contributed by atoms with Crippen molar-refractivity contribution in [2.75, 3.05) is 38.1 Å². The third-order valence-electron chi connectivity index (χ3n) is 3.59. The molecule has 1 aromatic carbocycles. The predicted octanol–water partition coefficient (Wildman–Crippen LogP) is 0.174. The van der Waals surface area contributed by atoms with Gasteiger partial charge in [0.2, 0.25) is 10.0 Å². The fraction of sp³-hybridized carbons (Fsp3) is 0.462. The number of anilines is 1. The van der Waals surface area contributed by atoms with E-state index in [0.717, 1.165) is 32.1 Å².